The Morgan fingerprint density at radius 1 is 1.19 bits per heavy atom. The molecule has 110 valence electrons. The summed E-state index contributed by atoms with van der Waals surface area (Å²) in [7, 11) is 3.28. The number of hydrogen-bond donors (Lipinski definition) is 1. The highest BCUT2D eigenvalue weighted by atomic mass is 32.2. The van der Waals surface area contributed by atoms with E-state index in [2.05, 4.69) is 5.32 Å². The molecule has 1 aromatic heterocycles. The highest BCUT2D eigenvalue weighted by molar-refractivity contribution is 8.00. The van der Waals surface area contributed by atoms with Crippen LogP contribution in [0.1, 0.15) is 15.7 Å². The van der Waals surface area contributed by atoms with Gasteiger partial charge in [-0.3, -0.25) is 4.79 Å². The Kier molecular flexibility index (Phi) is 4.07. The first-order chi connectivity index (χ1) is 10.2. The monoisotopic (exact) mass is 321 g/mol. The minimum atomic E-state index is 0.0389. The molecule has 1 unspecified atom stereocenters. The zero-order valence-corrected chi connectivity index (χ0v) is 13.3. The molecule has 0 spiro atoms. The molecular weight excluding hydrogens is 306 g/mol. The SMILES string of the molecule is COc1cc(OC)cc(C2SCC(=O)Nc3ccsc32)c1. The highest BCUT2D eigenvalue weighted by Gasteiger charge is 2.26. The van der Waals surface area contributed by atoms with Crippen LogP contribution < -0.4 is 14.8 Å². The van der Waals surface area contributed by atoms with Gasteiger partial charge in [-0.2, -0.15) is 0 Å². The number of carbonyl (C=O) groups is 1. The summed E-state index contributed by atoms with van der Waals surface area (Å²) in [6.45, 7) is 0. The van der Waals surface area contributed by atoms with Gasteiger partial charge in [0.2, 0.25) is 5.91 Å². The molecular formula is C15H15NO3S2. The van der Waals surface area contributed by atoms with Gasteiger partial charge in [0, 0.05) is 10.9 Å². The zero-order valence-electron chi connectivity index (χ0n) is 11.7. The molecule has 1 atom stereocenters. The van der Waals surface area contributed by atoms with Crippen LogP contribution in [0.5, 0.6) is 11.5 Å². The van der Waals surface area contributed by atoms with Gasteiger partial charge in [0.25, 0.3) is 0 Å². The Balaban J connectivity index is 2.06. The number of carbonyl (C=O) groups excluding carboxylic acids is 1. The van der Waals surface area contributed by atoms with Gasteiger partial charge in [0.05, 0.1) is 30.9 Å². The molecule has 0 saturated carbocycles. The molecule has 1 amide bonds. The Hall–Kier alpha value is -1.66. The smallest absolute Gasteiger partial charge is 0.234 e. The van der Waals surface area contributed by atoms with Crippen LogP contribution >= 0.6 is 23.1 Å². The number of benzene rings is 1. The maximum absolute atomic E-state index is 11.8. The number of rotatable bonds is 3. The third kappa shape index (κ3) is 2.87. The summed E-state index contributed by atoms with van der Waals surface area (Å²) >= 11 is 3.27. The molecule has 0 saturated heterocycles. The van der Waals surface area contributed by atoms with E-state index in [-0.39, 0.29) is 11.2 Å². The zero-order chi connectivity index (χ0) is 14.8. The number of ether oxygens (including phenoxy) is 2. The fraction of sp³-hybridized carbons (Fsp3) is 0.267. The lowest BCUT2D eigenvalue weighted by molar-refractivity contribution is -0.113. The molecule has 1 N–H and O–H groups in total. The number of fused-ring (bicyclic) bond motifs is 1. The van der Waals surface area contributed by atoms with E-state index in [1.807, 2.05) is 29.6 Å². The fourth-order valence-electron chi connectivity index (χ4n) is 2.28. The number of methoxy groups -OCH3 is 2. The molecule has 21 heavy (non-hydrogen) atoms. The number of thiophene rings is 1. The molecule has 4 nitrogen and oxygen atoms in total. The minimum Gasteiger partial charge on any atom is -0.497 e. The first-order valence-corrected chi connectivity index (χ1v) is 8.36. The maximum atomic E-state index is 11.8. The average molecular weight is 321 g/mol. The molecule has 0 aliphatic carbocycles. The van der Waals surface area contributed by atoms with Crippen LogP contribution in [-0.4, -0.2) is 25.9 Å². The summed E-state index contributed by atoms with van der Waals surface area (Å²) in [5.41, 5.74) is 1.98. The standard InChI is InChI=1S/C15H15NO3S2/c1-18-10-5-9(6-11(7-10)19-2)14-15-12(3-4-20-15)16-13(17)8-21-14/h3-7,14H,8H2,1-2H3,(H,16,17). The number of nitrogens with one attached hydrogen (secondary N) is 1. The van der Waals surface area contributed by atoms with Gasteiger partial charge in [-0.25, -0.2) is 0 Å². The number of amides is 1. The summed E-state index contributed by atoms with van der Waals surface area (Å²) in [6.07, 6.45) is 0. The van der Waals surface area contributed by atoms with Crippen LogP contribution in [0.25, 0.3) is 0 Å². The largest absolute Gasteiger partial charge is 0.497 e. The summed E-state index contributed by atoms with van der Waals surface area (Å²) in [5, 5.41) is 5.05. The van der Waals surface area contributed by atoms with E-state index >= 15 is 0 Å². The van der Waals surface area contributed by atoms with E-state index in [1.54, 1.807) is 37.3 Å². The molecule has 1 aromatic carbocycles. The molecule has 0 radical (unpaired) electrons. The van der Waals surface area contributed by atoms with E-state index < -0.39 is 0 Å². The summed E-state index contributed by atoms with van der Waals surface area (Å²) < 4.78 is 10.7. The lowest BCUT2D eigenvalue weighted by Gasteiger charge is -2.16. The second-order valence-corrected chi connectivity index (χ2v) is 6.62. The Labute approximate surface area is 131 Å². The van der Waals surface area contributed by atoms with Gasteiger partial charge in [0.15, 0.2) is 0 Å². The van der Waals surface area contributed by atoms with Crippen molar-refractivity contribution >= 4 is 34.7 Å². The Morgan fingerprint density at radius 3 is 2.57 bits per heavy atom. The van der Waals surface area contributed by atoms with Crippen LogP contribution in [0.2, 0.25) is 0 Å². The van der Waals surface area contributed by atoms with Crippen molar-refractivity contribution in [1.82, 2.24) is 0 Å². The van der Waals surface area contributed by atoms with Crippen LogP contribution in [0.3, 0.4) is 0 Å². The first-order valence-electron chi connectivity index (χ1n) is 6.43. The predicted octanol–water partition coefficient (Wildman–Crippen LogP) is 3.54. The van der Waals surface area contributed by atoms with Gasteiger partial charge < -0.3 is 14.8 Å². The van der Waals surface area contributed by atoms with E-state index in [0.29, 0.717) is 5.75 Å². The number of hydrogen-bond acceptors (Lipinski definition) is 5. The van der Waals surface area contributed by atoms with Crippen molar-refractivity contribution in [3.05, 3.63) is 40.1 Å². The molecule has 2 aromatic rings. The predicted molar refractivity (Wildman–Crippen MR) is 86.8 cm³/mol. The Bertz CT molecular complexity index is 646. The van der Waals surface area contributed by atoms with Gasteiger partial charge in [-0.05, 0) is 29.1 Å². The third-order valence-electron chi connectivity index (χ3n) is 3.27. The molecule has 1 aliphatic heterocycles. The van der Waals surface area contributed by atoms with Gasteiger partial charge >= 0.3 is 0 Å². The molecule has 0 fully saturated rings. The van der Waals surface area contributed by atoms with Crippen molar-refractivity contribution < 1.29 is 14.3 Å². The molecule has 0 bridgehead atoms. The van der Waals surface area contributed by atoms with Crippen LogP contribution in [0.15, 0.2) is 29.6 Å². The number of thioether (sulfide) groups is 1. The normalized spacial score (nSPS) is 17.6. The van der Waals surface area contributed by atoms with E-state index in [4.69, 9.17) is 9.47 Å². The lowest BCUT2D eigenvalue weighted by Crippen LogP contribution is -2.11. The second kappa shape index (κ2) is 5.99. The molecule has 2 heterocycles. The molecule has 6 heteroatoms. The summed E-state index contributed by atoms with van der Waals surface area (Å²) in [5.74, 6) is 1.99. The van der Waals surface area contributed by atoms with Crippen molar-refractivity contribution in [1.29, 1.82) is 0 Å². The maximum Gasteiger partial charge on any atom is 0.234 e. The van der Waals surface area contributed by atoms with E-state index in [9.17, 15) is 4.79 Å². The van der Waals surface area contributed by atoms with Gasteiger partial charge in [0.1, 0.15) is 11.5 Å². The van der Waals surface area contributed by atoms with Gasteiger partial charge in [-0.1, -0.05) is 0 Å². The topological polar surface area (TPSA) is 47.6 Å². The van der Waals surface area contributed by atoms with Crippen LogP contribution in [0.4, 0.5) is 5.69 Å². The number of anilines is 1. The molecule has 1 aliphatic rings. The van der Waals surface area contributed by atoms with Crippen molar-refractivity contribution in [2.45, 2.75) is 5.25 Å². The van der Waals surface area contributed by atoms with E-state index in [1.165, 1.54) is 0 Å². The van der Waals surface area contributed by atoms with Crippen molar-refractivity contribution in [2.75, 3.05) is 25.3 Å². The van der Waals surface area contributed by atoms with Crippen LogP contribution in [-0.2, 0) is 4.79 Å². The first kappa shape index (κ1) is 14.3. The van der Waals surface area contributed by atoms with Gasteiger partial charge in [-0.15, -0.1) is 23.1 Å². The summed E-state index contributed by atoms with van der Waals surface area (Å²) in [6, 6.07) is 7.80. The lowest BCUT2D eigenvalue weighted by atomic mass is 10.1. The fourth-order valence-corrected chi connectivity index (χ4v) is 4.50. The third-order valence-corrected chi connectivity index (χ3v) is 5.67. The van der Waals surface area contributed by atoms with Crippen LogP contribution in [0, 0.1) is 0 Å². The van der Waals surface area contributed by atoms with Crippen molar-refractivity contribution in [3.63, 3.8) is 0 Å². The second-order valence-electron chi connectivity index (χ2n) is 4.58. The molecule has 3 rings (SSSR count). The highest BCUT2D eigenvalue weighted by Crippen LogP contribution is 2.45. The average Bonchev–Trinajstić information content (AvgIpc) is 2.88. The summed E-state index contributed by atoms with van der Waals surface area (Å²) in [4.78, 5) is 12.9. The van der Waals surface area contributed by atoms with E-state index in [0.717, 1.165) is 27.6 Å². The van der Waals surface area contributed by atoms with Crippen molar-refractivity contribution in [3.8, 4) is 11.5 Å². The quantitative estimate of drug-likeness (QED) is 0.939. The Morgan fingerprint density at radius 2 is 1.90 bits per heavy atom. The minimum absolute atomic E-state index is 0.0389. The van der Waals surface area contributed by atoms with Crippen molar-refractivity contribution in [2.24, 2.45) is 0 Å².